The number of aliphatic hydroxyl groups excluding tert-OH is 1. The zero-order chi connectivity index (χ0) is 15.0. The molecule has 0 aliphatic heterocycles. The summed E-state index contributed by atoms with van der Waals surface area (Å²) >= 11 is 0. The van der Waals surface area contributed by atoms with Crippen LogP contribution in [0.5, 0.6) is 0 Å². The molecule has 0 heterocycles. The Hall–Kier alpha value is -1.55. The number of nitrogens with one attached hydrogen (secondary N) is 1. The third-order valence-electron chi connectivity index (χ3n) is 2.67. The Labute approximate surface area is 120 Å². The van der Waals surface area contributed by atoms with Crippen molar-refractivity contribution in [3.05, 3.63) is 29.8 Å². The van der Waals surface area contributed by atoms with Gasteiger partial charge in [-0.15, -0.1) is 0 Å². The predicted molar refractivity (Wildman–Crippen MR) is 80.5 cm³/mol. The minimum atomic E-state index is -3.56. The highest BCUT2D eigenvalue weighted by Crippen LogP contribution is 2.16. The second-order valence-electron chi connectivity index (χ2n) is 4.01. The van der Waals surface area contributed by atoms with Crippen molar-refractivity contribution in [3.63, 3.8) is 0 Å². The molecule has 0 saturated carbocycles. The molecule has 0 bridgehead atoms. The molecule has 1 aromatic rings. The highest BCUT2D eigenvalue weighted by molar-refractivity contribution is 7.90. The van der Waals surface area contributed by atoms with Crippen molar-refractivity contribution in [3.8, 4) is 11.8 Å². The summed E-state index contributed by atoms with van der Waals surface area (Å²) in [5.41, 5.74) is 1.04. The van der Waals surface area contributed by atoms with Gasteiger partial charge in [-0.2, -0.15) is 12.7 Å². The number of hydrogen-bond acceptors (Lipinski definition) is 3. The average Bonchev–Trinajstić information content (AvgIpc) is 2.41. The summed E-state index contributed by atoms with van der Waals surface area (Å²) in [4.78, 5) is 0. The number of rotatable bonds is 6. The Morgan fingerprint density at radius 2 is 1.90 bits per heavy atom. The SMILES string of the molecule is CCN(CC)S(=O)(=O)Nc1ccccc1C#CCCO. The minimum Gasteiger partial charge on any atom is -0.395 e. The molecule has 1 aromatic carbocycles. The Morgan fingerprint density at radius 1 is 1.25 bits per heavy atom. The van der Waals surface area contributed by atoms with Crippen molar-refractivity contribution in [2.45, 2.75) is 20.3 Å². The maximum atomic E-state index is 12.2. The molecule has 0 aliphatic rings. The molecule has 0 aromatic heterocycles. The quantitative estimate of drug-likeness (QED) is 0.780. The molecular formula is C14H20N2O3S. The highest BCUT2D eigenvalue weighted by Gasteiger charge is 2.19. The highest BCUT2D eigenvalue weighted by atomic mass is 32.2. The molecule has 5 nitrogen and oxygen atoms in total. The van der Waals surface area contributed by atoms with E-state index >= 15 is 0 Å². The van der Waals surface area contributed by atoms with Crippen LogP contribution < -0.4 is 4.72 Å². The predicted octanol–water partition coefficient (Wildman–Crippen LogP) is 1.42. The van der Waals surface area contributed by atoms with Gasteiger partial charge in [-0.05, 0) is 12.1 Å². The van der Waals surface area contributed by atoms with Crippen molar-refractivity contribution in [2.24, 2.45) is 0 Å². The van der Waals surface area contributed by atoms with Crippen LogP contribution in [0.4, 0.5) is 5.69 Å². The fraction of sp³-hybridized carbons (Fsp3) is 0.429. The van der Waals surface area contributed by atoms with Gasteiger partial charge < -0.3 is 5.11 Å². The van der Waals surface area contributed by atoms with Gasteiger partial charge in [0, 0.05) is 25.1 Å². The molecule has 0 spiro atoms. The maximum Gasteiger partial charge on any atom is 0.301 e. The molecule has 0 unspecified atom stereocenters. The van der Waals surface area contributed by atoms with Gasteiger partial charge in [0.05, 0.1) is 12.3 Å². The lowest BCUT2D eigenvalue weighted by atomic mass is 10.2. The molecule has 0 radical (unpaired) electrons. The minimum absolute atomic E-state index is 0.0136. The van der Waals surface area contributed by atoms with Crippen LogP contribution in [-0.2, 0) is 10.2 Å². The smallest absolute Gasteiger partial charge is 0.301 e. The van der Waals surface area contributed by atoms with Gasteiger partial charge >= 0.3 is 10.2 Å². The lowest BCUT2D eigenvalue weighted by molar-refractivity contribution is 0.305. The summed E-state index contributed by atoms with van der Waals surface area (Å²) in [6.07, 6.45) is 0.358. The van der Waals surface area contributed by atoms with Crippen LogP contribution in [0.25, 0.3) is 0 Å². The van der Waals surface area contributed by atoms with Gasteiger partial charge in [0.25, 0.3) is 0 Å². The second-order valence-corrected chi connectivity index (χ2v) is 5.68. The first-order valence-electron chi connectivity index (χ1n) is 6.51. The van der Waals surface area contributed by atoms with Gasteiger partial charge in [0.15, 0.2) is 0 Å². The Balaban J connectivity index is 3.02. The van der Waals surface area contributed by atoms with E-state index < -0.39 is 10.2 Å². The number of aliphatic hydroxyl groups is 1. The lowest BCUT2D eigenvalue weighted by Crippen LogP contribution is -2.35. The van der Waals surface area contributed by atoms with Crippen molar-refractivity contribution in [1.82, 2.24) is 4.31 Å². The standard InChI is InChI=1S/C14H20N2O3S/c1-3-16(4-2)20(18,19)15-14-11-6-5-9-13(14)10-7-8-12-17/h5-6,9,11,15,17H,3-4,8,12H2,1-2H3. The Bertz CT molecular complexity index is 584. The topological polar surface area (TPSA) is 69.6 Å². The van der Waals surface area contributed by atoms with Crippen LogP contribution in [0.3, 0.4) is 0 Å². The molecule has 0 amide bonds. The van der Waals surface area contributed by atoms with Crippen LogP contribution in [0.15, 0.2) is 24.3 Å². The third kappa shape index (κ3) is 4.53. The average molecular weight is 296 g/mol. The fourth-order valence-corrected chi connectivity index (χ4v) is 2.93. The van der Waals surface area contributed by atoms with E-state index in [2.05, 4.69) is 16.6 Å². The second kappa shape index (κ2) is 7.90. The zero-order valence-corrected chi connectivity index (χ0v) is 12.6. The molecule has 6 heteroatoms. The molecular weight excluding hydrogens is 276 g/mol. The number of para-hydroxylation sites is 1. The molecule has 0 atom stereocenters. The van der Waals surface area contributed by atoms with Gasteiger partial charge in [-0.1, -0.05) is 37.8 Å². The zero-order valence-electron chi connectivity index (χ0n) is 11.8. The number of benzene rings is 1. The molecule has 110 valence electrons. The first-order valence-corrected chi connectivity index (χ1v) is 7.95. The molecule has 0 aliphatic carbocycles. The number of anilines is 1. The van der Waals surface area contributed by atoms with E-state index in [1.807, 2.05) is 0 Å². The summed E-state index contributed by atoms with van der Waals surface area (Å²) in [7, 11) is -3.56. The summed E-state index contributed by atoms with van der Waals surface area (Å²) in [5, 5.41) is 8.72. The molecule has 0 saturated heterocycles. The Morgan fingerprint density at radius 3 is 2.50 bits per heavy atom. The van der Waals surface area contributed by atoms with Gasteiger partial charge in [-0.25, -0.2) is 0 Å². The normalized spacial score (nSPS) is 11.0. The van der Waals surface area contributed by atoms with Gasteiger partial charge in [-0.3, -0.25) is 4.72 Å². The summed E-state index contributed by atoms with van der Waals surface area (Å²) in [5.74, 6) is 5.64. The van der Waals surface area contributed by atoms with E-state index in [1.54, 1.807) is 38.1 Å². The lowest BCUT2D eigenvalue weighted by Gasteiger charge is -2.19. The van der Waals surface area contributed by atoms with E-state index in [9.17, 15) is 8.42 Å². The Kier molecular flexibility index (Phi) is 6.52. The monoisotopic (exact) mass is 296 g/mol. The van der Waals surface area contributed by atoms with E-state index in [0.717, 1.165) is 0 Å². The number of hydrogen-bond donors (Lipinski definition) is 2. The van der Waals surface area contributed by atoms with E-state index in [4.69, 9.17) is 5.11 Å². The van der Waals surface area contributed by atoms with Crippen LogP contribution in [0.2, 0.25) is 0 Å². The molecule has 0 fully saturated rings. The molecule has 20 heavy (non-hydrogen) atoms. The van der Waals surface area contributed by atoms with Crippen molar-refractivity contribution in [2.75, 3.05) is 24.4 Å². The first-order chi connectivity index (χ1) is 9.55. The summed E-state index contributed by atoms with van der Waals surface area (Å²) < 4.78 is 28.2. The first kappa shape index (κ1) is 16.5. The van der Waals surface area contributed by atoms with Crippen molar-refractivity contribution >= 4 is 15.9 Å². The fourth-order valence-electron chi connectivity index (χ4n) is 1.66. The summed E-state index contributed by atoms with van der Waals surface area (Å²) in [6.45, 7) is 4.38. The molecule has 2 N–H and O–H groups in total. The van der Waals surface area contributed by atoms with E-state index in [-0.39, 0.29) is 6.61 Å². The van der Waals surface area contributed by atoms with Crippen molar-refractivity contribution in [1.29, 1.82) is 0 Å². The summed E-state index contributed by atoms with van der Waals surface area (Å²) in [6, 6.07) is 6.95. The van der Waals surface area contributed by atoms with Gasteiger partial charge in [0.1, 0.15) is 0 Å². The third-order valence-corrected chi connectivity index (χ3v) is 4.35. The molecule has 1 rings (SSSR count). The van der Waals surface area contributed by atoms with Crippen LogP contribution in [0, 0.1) is 11.8 Å². The van der Waals surface area contributed by atoms with Crippen LogP contribution in [-0.4, -0.2) is 37.5 Å². The van der Waals surface area contributed by atoms with Crippen molar-refractivity contribution < 1.29 is 13.5 Å². The van der Waals surface area contributed by atoms with Crippen LogP contribution in [0.1, 0.15) is 25.8 Å². The van der Waals surface area contributed by atoms with E-state index in [1.165, 1.54) is 4.31 Å². The largest absolute Gasteiger partial charge is 0.395 e. The van der Waals surface area contributed by atoms with E-state index in [0.29, 0.717) is 30.8 Å². The van der Waals surface area contributed by atoms with Gasteiger partial charge in [0.2, 0.25) is 0 Å². The van der Waals surface area contributed by atoms with Crippen LogP contribution >= 0.6 is 0 Å². The maximum absolute atomic E-state index is 12.2. The number of nitrogens with zero attached hydrogens (tertiary/aromatic N) is 1.